The number of nitrogens with zero attached hydrogens (tertiary/aromatic N) is 2. The van der Waals surface area contributed by atoms with E-state index in [1.54, 1.807) is 6.20 Å². The number of thiocarbonyl (C=S) groups is 1. The maximum absolute atomic E-state index is 6.08. The maximum atomic E-state index is 6.08. The molecule has 138 valence electrons. The van der Waals surface area contributed by atoms with Crippen LogP contribution in [0.2, 0.25) is 0 Å². The smallest absolute Gasteiger partial charge is 0.172 e. The summed E-state index contributed by atoms with van der Waals surface area (Å²) in [7, 11) is 2.16. The minimum Gasteiger partial charge on any atom is -0.490 e. The van der Waals surface area contributed by atoms with Crippen molar-refractivity contribution in [1.82, 2.24) is 15.2 Å². The molecule has 1 saturated heterocycles. The van der Waals surface area contributed by atoms with Gasteiger partial charge in [0.15, 0.2) is 5.11 Å². The lowest BCUT2D eigenvalue weighted by molar-refractivity contribution is 0.114. The van der Waals surface area contributed by atoms with Crippen molar-refractivity contribution in [1.29, 1.82) is 0 Å². The Hall–Kier alpha value is -2.18. The van der Waals surface area contributed by atoms with E-state index in [-0.39, 0.29) is 0 Å². The number of anilines is 1. The fraction of sp³-hybridized carbons (Fsp3) is 0.400. The van der Waals surface area contributed by atoms with Gasteiger partial charge in [0.25, 0.3) is 0 Å². The predicted octanol–water partition coefficient (Wildman–Crippen LogP) is 3.35. The van der Waals surface area contributed by atoms with Crippen LogP contribution >= 0.6 is 12.2 Å². The quantitative estimate of drug-likeness (QED) is 0.787. The van der Waals surface area contributed by atoms with E-state index in [1.165, 1.54) is 0 Å². The fourth-order valence-electron chi connectivity index (χ4n) is 2.93. The molecule has 2 aromatic rings. The first-order valence-corrected chi connectivity index (χ1v) is 9.41. The van der Waals surface area contributed by atoms with Gasteiger partial charge >= 0.3 is 0 Å². The van der Waals surface area contributed by atoms with E-state index in [9.17, 15) is 0 Å². The molecule has 0 atom stereocenters. The van der Waals surface area contributed by atoms with Crippen LogP contribution in [0.4, 0.5) is 5.82 Å². The minimum atomic E-state index is 0.327. The highest BCUT2D eigenvalue weighted by atomic mass is 32.1. The summed E-state index contributed by atoms with van der Waals surface area (Å²) in [4.78, 5) is 6.63. The molecule has 1 aliphatic rings. The van der Waals surface area contributed by atoms with Gasteiger partial charge in [-0.3, -0.25) is 0 Å². The summed E-state index contributed by atoms with van der Waals surface area (Å²) in [5.74, 6) is 1.72. The summed E-state index contributed by atoms with van der Waals surface area (Å²) < 4.78 is 6.08. The van der Waals surface area contributed by atoms with Crippen molar-refractivity contribution in [2.24, 2.45) is 0 Å². The molecule has 1 fully saturated rings. The zero-order chi connectivity index (χ0) is 18.4. The third-order valence-electron chi connectivity index (χ3n) is 4.59. The van der Waals surface area contributed by atoms with Crippen molar-refractivity contribution in [2.75, 3.05) is 25.5 Å². The van der Waals surface area contributed by atoms with Crippen LogP contribution in [0.25, 0.3) is 0 Å². The molecule has 1 aliphatic heterocycles. The SMILES string of the molecule is Cc1cccnc1NC(=S)NCc1ccc(OC2CCN(C)CC2)cc1. The number of likely N-dealkylation sites (tertiary alicyclic amines) is 1. The molecule has 0 aliphatic carbocycles. The lowest BCUT2D eigenvalue weighted by Crippen LogP contribution is -2.35. The number of ether oxygens (including phenoxy) is 1. The molecule has 0 amide bonds. The van der Waals surface area contributed by atoms with Crippen LogP contribution in [0.3, 0.4) is 0 Å². The fourth-order valence-corrected chi connectivity index (χ4v) is 3.10. The van der Waals surface area contributed by atoms with Gasteiger partial charge in [0.1, 0.15) is 17.7 Å². The standard InChI is InChI=1S/C20H26N4OS/c1-15-4-3-11-21-19(15)23-20(26)22-14-16-5-7-17(8-6-16)25-18-9-12-24(2)13-10-18/h3-8,11,18H,9-10,12-14H2,1-2H3,(H2,21,22,23,26). The summed E-state index contributed by atoms with van der Waals surface area (Å²) in [6.07, 6.45) is 4.26. The van der Waals surface area contributed by atoms with Gasteiger partial charge < -0.3 is 20.3 Å². The van der Waals surface area contributed by atoms with Crippen LogP contribution in [-0.4, -0.2) is 41.2 Å². The predicted molar refractivity (Wildman–Crippen MR) is 110 cm³/mol. The van der Waals surface area contributed by atoms with Gasteiger partial charge in [-0.25, -0.2) is 4.98 Å². The Morgan fingerprint density at radius 1 is 1.23 bits per heavy atom. The number of aryl methyl sites for hydroxylation is 1. The first-order chi connectivity index (χ1) is 12.6. The molecule has 2 heterocycles. The first-order valence-electron chi connectivity index (χ1n) is 9.01. The summed E-state index contributed by atoms with van der Waals surface area (Å²) in [6, 6.07) is 12.1. The Bertz CT molecular complexity index is 727. The van der Waals surface area contributed by atoms with Crippen LogP contribution in [0, 0.1) is 6.92 Å². The molecule has 0 spiro atoms. The summed E-state index contributed by atoms with van der Waals surface area (Å²) in [6.45, 7) is 4.87. The monoisotopic (exact) mass is 370 g/mol. The molecule has 0 unspecified atom stereocenters. The molecule has 3 rings (SSSR count). The van der Waals surface area contributed by atoms with Crippen molar-refractivity contribution in [3.63, 3.8) is 0 Å². The summed E-state index contributed by atoms with van der Waals surface area (Å²) in [5, 5.41) is 6.91. The molecule has 0 saturated carbocycles. The van der Waals surface area contributed by atoms with Gasteiger partial charge in [-0.15, -0.1) is 0 Å². The molecule has 0 bridgehead atoms. The Kier molecular flexibility index (Phi) is 6.41. The number of benzene rings is 1. The van der Waals surface area contributed by atoms with E-state index < -0.39 is 0 Å². The third-order valence-corrected chi connectivity index (χ3v) is 4.83. The average Bonchev–Trinajstić information content (AvgIpc) is 2.65. The zero-order valence-corrected chi connectivity index (χ0v) is 16.2. The number of rotatable bonds is 5. The Morgan fingerprint density at radius 3 is 2.65 bits per heavy atom. The second kappa shape index (κ2) is 8.96. The van der Waals surface area contributed by atoms with E-state index >= 15 is 0 Å². The number of aromatic nitrogens is 1. The number of hydrogen-bond acceptors (Lipinski definition) is 4. The van der Waals surface area contributed by atoms with E-state index in [2.05, 4.69) is 39.7 Å². The highest BCUT2D eigenvalue weighted by molar-refractivity contribution is 7.80. The average molecular weight is 371 g/mol. The van der Waals surface area contributed by atoms with Crippen molar-refractivity contribution in [3.05, 3.63) is 53.7 Å². The molecule has 2 N–H and O–H groups in total. The van der Waals surface area contributed by atoms with Crippen LogP contribution < -0.4 is 15.4 Å². The van der Waals surface area contributed by atoms with Gasteiger partial charge in [0.05, 0.1) is 0 Å². The van der Waals surface area contributed by atoms with Crippen molar-refractivity contribution >= 4 is 23.1 Å². The molecular formula is C20H26N4OS. The normalized spacial score (nSPS) is 15.5. The van der Waals surface area contributed by atoms with E-state index in [0.717, 1.165) is 48.6 Å². The van der Waals surface area contributed by atoms with Gasteiger partial charge in [-0.1, -0.05) is 18.2 Å². The molecule has 1 aromatic carbocycles. The van der Waals surface area contributed by atoms with E-state index in [0.29, 0.717) is 17.8 Å². The molecule has 0 radical (unpaired) electrons. The zero-order valence-electron chi connectivity index (χ0n) is 15.4. The Balaban J connectivity index is 1.45. The topological polar surface area (TPSA) is 49.4 Å². The van der Waals surface area contributed by atoms with E-state index in [1.807, 2.05) is 31.2 Å². The molecule has 6 heteroatoms. The Labute approximate surface area is 160 Å². The highest BCUT2D eigenvalue weighted by Crippen LogP contribution is 2.19. The number of nitrogens with one attached hydrogen (secondary N) is 2. The molecule has 26 heavy (non-hydrogen) atoms. The van der Waals surface area contributed by atoms with Crippen molar-refractivity contribution in [3.8, 4) is 5.75 Å². The van der Waals surface area contributed by atoms with Gasteiger partial charge in [-0.2, -0.15) is 0 Å². The van der Waals surface area contributed by atoms with Crippen LogP contribution in [-0.2, 0) is 6.54 Å². The lowest BCUT2D eigenvalue weighted by Gasteiger charge is -2.29. The Morgan fingerprint density at radius 2 is 1.96 bits per heavy atom. The molecule has 1 aromatic heterocycles. The van der Waals surface area contributed by atoms with Gasteiger partial charge in [0, 0.05) is 25.8 Å². The number of hydrogen-bond donors (Lipinski definition) is 2. The number of pyridine rings is 1. The minimum absolute atomic E-state index is 0.327. The third kappa shape index (κ3) is 5.41. The summed E-state index contributed by atoms with van der Waals surface area (Å²) in [5.41, 5.74) is 2.22. The van der Waals surface area contributed by atoms with Crippen molar-refractivity contribution < 1.29 is 4.74 Å². The van der Waals surface area contributed by atoms with Crippen LogP contribution in [0.1, 0.15) is 24.0 Å². The summed E-state index contributed by atoms with van der Waals surface area (Å²) >= 11 is 5.35. The largest absolute Gasteiger partial charge is 0.490 e. The number of piperidine rings is 1. The van der Waals surface area contributed by atoms with E-state index in [4.69, 9.17) is 17.0 Å². The highest BCUT2D eigenvalue weighted by Gasteiger charge is 2.17. The second-order valence-corrected chi connectivity index (χ2v) is 7.15. The lowest BCUT2D eigenvalue weighted by atomic mass is 10.1. The first kappa shape index (κ1) is 18.6. The van der Waals surface area contributed by atoms with Gasteiger partial charge in [-0.05, 0) is 68.4 Å². The molecule has 5 nitrogen and oxygen atoms in total. The second-order valence-electron chi connectivity index (χ2n) is 6.74. The van der Waals surface area contributed by atoms with Crippen LogP contribution in [0.15, 0.2) is 42.6 Å². The van der Waals surface area contributed by atoms with Gasteiger partial charge in [0.2, 0.25) is 0 Å². The van der Waals surface area contributed by atoms with Crippen LogP contribution in [0.5, 0.6) is 5.75 Å². The molecular weight excluding hydrogens is 344 g/mol. The maximum Gasteiger partial charge on any atom is 0.172 e. The van der Waals surface area contributed by atoms with Crippen molar-refractivity contribution in [2.45, 2.75) is 32.4 Å².